The molecule has 0 saturated carbocycles. The van der Waals surface area contributed by atoms with Crippen molar-refractivity contribution >= 4 is 46.0 Å². The second kappa shape index (κ2) is 8.10. The van der Waals surface area contributed by atoms with Gasteiger partial charge in [0.15, 0.2) is 0 Å². The predicted molar refractivity (Wildman–Crippen MR) is 102 cm³/mol. The van der Waals surface area contributed by atoms with E-state index in [2.05, 4.69) is 15.6 Å². The number of aliphatic carboxylic acids is 1. The zero-order valence-electron chi connectivity index (χ0n) is 14.4. The largest absolute Gasteiger partial charge is 0.480 e. The molecule has 0 saturated heterocycles. The minimum atomic E-state index is -1.12. The molecule has 0 aliphatic rings. The van der Waals surface area contributed by atoms with Crippen LogP contribution in [0.4, 0.5) is 10.1 Å². The average molecular weight is 404 g/mol. The molecule has 2 amide bonds. The van der Waals surface area contributed by atoms with Gasteiger partial charge in [-0.2, -0.15) is 0 Å². The first-order chi connectivity index (χ1) is 13.3. The van der Waals surface area contributed by atoms with Crippen molar-refractivity contribution in [2.45, 2.75) is 6.42 Å². The summed E-state index contributed by atoms with van der Waals surface area (Å²) in [7, 11) is 0. The highest BCUT2D eigenvalue weighted by Gasteiger charge is 2.14. The quantitative estimate of drug-likeness (QED) is 0.507. The zero-order valence-corrected chi connectivity index (χ0v) is 15.1. The Balaban J connectivity index is 1.65. The summed E-state index contributed by atoms with van der Waals surface area (Å²) in [6, 6.07) is 10.7. The lowest BCUT2D eigenvalue weighted by molar-refractivity contribution is -0.137. The third-order valence-electron chi connectivity index (χ3n) is 3.95. The molecule has 1 heterocycles. The Kier molecular flexibility index (Phi) is 5.60. The maximum absolute atomic E-state index is 13.5. The number of hydrogen-bond donors (Lipinski definition) is 4. The van der Waals surface area contributed by atoms with Crippen LogP contribution in [0.1, 0.15) is 16.1 Å². The minimum absolute atomic E-state index is 0.0214. The second-order valence-electron chi connectivity index (χ2n) is 6.00. The normalized spacial score (nSPS) is 10.6. The number of hydrogen-bond acceptors (Lipinski definition) is 3. The van der Waals surface area contributed by atoms with Crippen LogP contribution in [0.25, 0.3) is 10.9 Å². The summed E-state index contributed by atoms with van der Waals surface area (Å²) in [5.41, 5.74) is 1.92. The molecule has 3 aromatic rings. The van der Waals surface area contributed by atoms with E-state index in [1.165, 1.54) is 18.2 Å². The monoisotopic (exact) mass is 403 g/mol. The van der Waals surface area contributed by atoms with E-state index in [1.54, 1.807) is 24.3 Å². The van der Waals surface area contributed by atoms with Crippen molar-refractivity contribution in [3.63, 3.8) is 0 Å². The van der Waals surface area contributed by atoms with Gasteiger partial charge in [-0.15, -0.1) is 0 Å². The van der Waals surface area contributed by atoms with Gasteiger partial charge in [0.2, 0.25) is 5.91 Å². The zero-order chi connectivity index (χ0) is 20.3. The van der Waals surface area contributed by atoms with Gasteiger partial charge in [-0.25, -0.2) is 4.39 Å². The molecule has 0 unspecified atom stereocenters. The molecule has 0 fully saturated rings. The van der Waals surface area contributed by atoms with Crippen LogP contribution in [0.3, 0.4) is 0 Å². The summed E-state index contributed by atoms with van der Waals surface area (Å²) in [5, 5.41) is 13.8. The second-order valence-corrected chi connectivity index (χ2v) is 6.38. The highest BCUT2D eigenvalue weighted by atomic mass is 35.5. The number of aromatic nitrogens is 1. The lowest BCUT2D eigenvalue weighted by Gasteiger charge is -2.06. The van der Waals surface area contributed by atoms with Gasteiger partial charge in [-0.05, 0) is 35.9 Å². The van der Waals surface area contributed by atoms with Crippen molar-refractivity contribution in [2.75, 3.05) is 11.9 Å². The molecule has 2 aromatic carbocycles. The number of aromatic amines is 1. The van der Waals surface area contributed by atoms with Crippen LogP contribution in [0.2, 0.25) is 5.02 Å². The van der Waals surface area contributed by atoms with Gasteiger partial charge in [0, 0.05) is 16.6 Å². The van der Waals surface area contributed by atoms with E-state index in [9.17, 15) is 18.8 Å². The summed E-state index contributed by atoms with van der Waals surface area (Å²) < 4.78 is 13.5. The number of carbonyl (C=O) groups is 3. The lowest BCUT2D eigenvalue weighted by Crippen LogP contribution is -2.30. The Morgan fingerprint density at radius 1 is 1.11 bits per heavy atom. The van der Waals surface area contributed by atoms with E-state index in [0.29, 0.717) is 22.2 Å². The van der Waals surface area contributed by atoms with Gasteiger partial charge in [-0.3, -0.25) is 14.4 Å². The van der Waals surface area contributed by atoms with Gasteiger partial charge in [0.05, 0.1) is 11.4 Å². The van der Waals surface area contributed by atoms with Crippen LogP contribution in [0, 0.1) is 5.82 Å². The molecule has 144 valence electrons. The number of nitrogens with one attached hydrogen (secondary N) is 3. The molecule has 0 aliphatic heterocycles. The lowest BCUT2D eigenvalue weighted by atomic mass is 10.1. The molecule has 9 heteroatoms. The molecule has 3 rings (SSSR count). The molecular weight excluding hydrogens is 389 g/mol. The topological polar surface area (TPSA) is 111 Å². The Hall–Kier alpha value is -3.39. The molecule has 0 spiro atoms. The highest BCUT2D eigenvalue weighted by molar-refractivity contribution is 6.35. The van der Waals surface area contributed by atoms with Crippen LogP contribution in [-0.2, 0) is 16.0 Å². The van der Waals surface area contributed by atoms with E-state index in [0.717, 1.165) is 0 Å². The number of fused-ring (bicyclic) bond motifs is 1. The predicted octanol–water partition coefficient (Wildman–Crippen LogP) is 2.96. The fourth-order valence-electron chi connectivity index (χ4n) is 2.59. The number of benzene rings is 2. The van der Waals surface area contributed by atoms with Crippen molar-refractivity contribution in [1.29, 1.82) is 0 Å². The number of anilines is 1. The van der Waals surface area contributed by atoms with E-state index in [4.69, 9.17) is 16.7 Å². The number of carboxylic acid groups (broad SMARTS) is 1. The van der Waals surface area contributed by atoms with E-state index in [1.807, 2.05) is 0 Å². The van der Waals surface area contributed by atoms with Gasteiger partial charge in [0.25, 0.3) is 5.91 Å². The maximum atomic E-state index is 13.5. The fourth-order valence-corrected chi connectivity index (χ4v) is 2.81. The van der Waals surface area contributed by atoms with Crippen LogP contribution >= 0.6 is 11.6 Å². The summed E-state index contributed by atoms with van der Waals surface area (Å²) in [4.78, 5) is 37.3. The number of rotatable bonds is 6. The Labute approximate surface area is 163 Å². The van der Waals surface area contributed by atoms with Crippen molar-refractivity contribution < 1.29 is 23.9 Å². The van der Waals surface area contributed by atoms with Crippen LogP contribution < -0.4 is 10.6 Å². The molecule has 4 N–H and O–H groups in total. The molecule has 28 heavy (non-hydrogen) atoms. The van der Waals surface area contributed by atoms with Gasteiger partial charge < -0.3 is 20.7 Å². The molecular formula is C19H15ClFN3O4. The fraction of sp³-hybridized carbons (Fsp3) is 0.105. The molecule has 0 bridgehead atoms. The van der Waals surface area contributed by atoms with Gasteiger partial charge in [0.1, 0.15) is 18.1 Å². The SMILES string of the molecule is O=C(O)CNC(=O)Cc1ccc(NC(=O)c2cc3c(Cl)c(F)ccc3[nH]2)cc1. The smallest absolute Gasteiger partial charge is 0.322 e. The van der Waals surface area contributed by atoms with Gasteiger partial charge in [-0.1, -0.05) is 23.7 Å². The Bertz CT molecular complexity index is 1060. The first-order valence-electron chi connectivity index (χ1n) is 8.19. The van der Waals surface area contributed by atoms with Crippen molar-refractivity contribution in [3.8, 4) is 0 Å². The summed E-state index contributed by atoms with van der Waals surface area (Å²) in [5.74, 6) is -2.53. The maximum Gasteiger partial charge on any atom is 0.322 e. The minimum Gasteiger partial charge on any atom is -0.480 e. The number of carbonyl (C=O) groups excluding carboxylic acids is 2. The third kappa shape index (κ3) is 4.47. The summed E-state index contributed by atoms with van der Waals surface area (Å²) >= 11 is 5.91. The average Bonchev–Trinajstić information content (AvgIpc) is 3.10. The van der Waals surface area contributed by atoms with E-state index in [-0.39, 0.29) is 17.1 Å². The Morgan fingerprint density at radius 3 is 2.50 bits per heavy atom. The molecule has 1 aromatic heterocycles. The van der Waals surface area contributed by atoms with E-state index < -0.39 is 30.1 Å². The molecule has 0 aliphatic carbocycles. The third-order valence-corrected chi connectivity index (χ3v) is 4.33. The standard InChI is InChI=1S/C19H15ClFN3O4/c20-18-12-8-15(24-14(12)6-5-13(18)21)19(28)23-11-3-1-10(2-4-11)7-16(25)22-9-17(26)27/h1-6,8,24H,7,9H2,(H,22,25)(H,23,28)(H,26,27). The van der Waals surface area contributed by atoms with Crippen LogP contribution in [-0.4, -0.2) is 34.4 Å². The van der Waals surface area contributed by atoms with Crippen molar-refractivity contribution in [3.05, 3.63) is 64.6 Å². The molecule has 0 atom stereocenters. The van der Waals surface area contributed by atoms with E-state index >= 15 is 0 Å². The van der Waals surface area contributed by atoms with Crippen LogP contribution in [0.5, 0.6) is 0 Å². The van der Waals surface area contributed by atoms with Gasteiger partial charge >= 0.3 is 5.97 Å². The number of halogens is 2. The number of amides is 2. The number of H-pyrrole nitrogens is 1. The van der Waals surface area contributed by atoms with Crippen LogP contribution in [0.15, 0.2) is 42.5 Å². The highest BCUT2D eigenvalue weighted by Crippen LogP contribution is 2.27. The van der Waals surface area contributed by atoms with Crippen molar-refractivity contribution in [1.82, 2.24) is 10.3 Å². The Morgan fingerprint density at radius 2 is 1.82 bits per heavy atom. The first-order valence-corrected chi connectivity index (χ1v) is 8.57. The molecule has 0 radical (unpaired) electrons. The first kappa shape index (κ1) is 19.4. The summed E-state index contributed by atoms with van der Waals surface area (Å²) in [6.45, 7) is -0.439. The molecule has 7 nitrogen and oxygen atoms in total. The number of carboxylic acids is 1. The summed E-state index contributed by atoms with van der Waals surface area (Å²) in [6.07, 6.45) is 0.0214. The van der Waals surface area contributed by atoms with Crippen molar-refractivity contribution in [2.24, 2.45) is 0 Å².